The lowest BCUT2D eigenvalue weighted by Crippen LogP contribution is -2.52. The number of benzene rings is 3. The summed E-state index contributed by atoms with van der Waals surface area (Å²) in [4.78, 5) is 30.0. The predicted octanol–water partition coefficient (Wildman–Crippen LogP) is 4.43. The van der Waals surface area contributed by atoms with Gasteiger partial charge in [0.1, 0.15) is 6.17 Å². The van der Waals surface area contributed by atoms with Gasteiger partial charge in [-0.25, -0.2) is 0 Å². The molecule has 140 valence electrons. The van der Waals surface area contributed by atoms with Crippen LogP contribution in [0.2, 0.25) is 0 Å². The maximum atomic E-state index is 13.6. The first kappa shape index (κ1) is 18.0. The number of amides is 2. The number of carbonyl (C=O) groups is 2. The van der Waals surface area contributed by atoms with E-state index in [0.29, 0.717) is 5.56 Å². The first-order valence-corrected chi connectivity index (χ1v) is 9.40. The fraction of sp³-hybridized carbons (Fsp3) is 0.167. The van der Waals surface area contributed by atoms with Crippen molar-refractivity contribution in [3.63, 3.8) is 0 Å². The molecule has 28 heavy (non-hydrogen) atoms. The Morgan fingerprint density at radius 3 is 1.86 bits per heavy atom. The molecule has 0 aliphatic carbocycles. The zero-order valence-corrected chi connectivity index (χ0v) is 15.7. The van der Waals surface area contributed by atoms with Crippen molar-refractivity contribution < 1.29 is 9.59 Å². The molecule has 1 aliphatic rings. The Hall–Kier alpha value is -3.40. The Morgan fingerprint density at radius 2 is 1.29 bits per heavy atom. The molecule has 1 saturated heterocycles. The van der Waals surface area contributed by atoms with Crippen LogP contribution in [0.25, 0.3) is 0 Å². The molecule has 0 saturated carbocycles. The Bertz CT molecular complexity index is 958. The molecule has 0 N–H and O–H groups in total. The summed E-state index contributed by atoms with van der Waals surface area (Å²) >= 11 is 0. The van der Waals surface area contributed by atoms with E-state index in [9.17, 15) is 9.59 Å². The number of nitrogens with zero attached hydrogens (tertiary/aromatic N) is 2. The molecule has 4 nitrogen and oxygen atoms in total. The quantitative estimate of drug-likeness (QED) is 0.684. The second-order valence-corrected chi connectivity index (χ2v) is 7.00. The van der Waals surface area contributed by atoms with Crippen molar-refractivity contribution in [2.24, 2.45) is 0 Å². The maximum absolute atomic E-state index is 13.6. The van der Waals surface area contributed by atoms with Crippen LogP contribution in [-0.2, 0) is 4.79 Å². The SMILES string of the molecule is CN1C(=O)C[C@@H](c2ccccc2)N(C(=O)c2ccccc2)[C@H]1c1ccccc1. The first-order chi connectivity index (χ1) is 13.7. The Balaban J connectivity index is 1.85. The van der Waals surface area contributed by atoms with Gasteiger partial charge < -0.3 is 9.80 Å². The summed E-state index contributed by atoms with van der Waals surface area (Å²) in [7, 11) is 1.77. The summed E-state index contributed by atoms with van der Waals surface area (Å²) < 4.78 is 0. The van der Waals surface area contributed by atoms with Crippen LogP contribution < -0.4 is 0 Å². The second kappa shape index (κ2) is 7.69. The average molecular weight is 370 g/mol. The fourth-order valence-electron chi connectivity index (χ4n) is 3.85. The minimum Gasteiger partial charge on any atom is -0.321 e. The molecule has 0 unspecified atom stereocenters. The Kier molecular flexibility index (Phi) is 4.94. The van der Waals surface area contributed by atoms with Gasteiger partial charge in [0, 0.05) is 12.6 Å². The third kappa shape index (κ3) is 3.29. The van der Waals surface area contributed by atoms with E-state index in [-0.39, 0.29) is 24.3 Å². The average Bonchev–Trinajstić information content (AvgIpc) is 2.76. The fourth-order valence-corrected chi connectivity index (χ4v) is 3.85. The zero-order valence-electron chi connectivity index (χ0n) is 15.7. The third-order valence-corrected chi connectivity index (χ3v) is 5.26. The summed E-state index contributed by atoms with van der Waals surface area (Å²) in [5, 5.41) is 0. The molecule has 0 bridgehead atoms. The van der Waals surface area contributed by atoms with Gasteiger partial charge >= 0.3 is 0 Å². The lowest BCUT2D eigenvalue weighted by Gasteiger charge is -2.47. The van der Waals surface area contributed by atoms with Gasteiger partial charge in [0.15, 0.2) is 0 Å². The molecule has 4 rings (SSSR count). The number of rotatable bonds is 3. The van der Waals surface area contributed by atoms with Crippen molar-refractivity contribution in [1.29, 1.82) is 0 Å². The Morgan fingerprint density at radius 1 is 0.786 bits per heavy atom. The lowest BCUT2D eigenvalue weighted by molar-refractivity contribution is -0.144. The highest BCUT2D eigenvalue weighted by Gasteiger charge is 2.42. The molecule has 3 aromatic rings. The van der Waals surface area contributed by atoms with Gasteiger partial charge in [0.25, 0.3) is 5.91 Å². The molecule has 2 amide bonds. The smallest absolute Gasteiger partial charge is 0.256 e. The number of hydrogen-bond donors (Lipinski definition) is 0. The van der Waals surface area contributed by atoms with Crippen molar-refractivity contribution in [2.75, 3.05) is 7.05 Å². The van der Waals surface area contributed by atoms with Gasteiger partial charge in [-0.05, 0) is 23.3 Å². The summed E-state index contributed by atoms with van der Waals surface area (Å²) in [6.45, 7) is 0. The second-order valence-electron chi connectivity index (χ2n) is 7.00. The minimum absolute atomic E-state index is 0.0276. The van der Waals surface area contributed by atoms with E-state index in [0.717, 1.165) is 11.1 Å². The zero-order chi connectivity index (χ0) is 19.5. The number of carbonyl (C=O) groups excluding carboxylic acids is 2. The third-order valence-electron chi connectivity index (χ3n) is 5.26. The van der Waals surface area contributed by atoms with Gasteiger partial charge in [-0.15, -0.1) is 0 Å². The van der Waals surface area contributed by atoms with Crippen molar-refractivity contribution in [3.8, 4) is 0 Å². The molecule has 4 heteroatoms. The van der Waals surface area contributed by atoms with Crippen LogP contribution in [0.5, 0.6) is 0 Å². The normalized spacial score (nSPS) is 19.5. The van der Waals surface area contributed by atoms with Crippen molar-refractivity contribution in [2.45, 2.75) is 18.6 Å². The summed E-state index contributed by atoms with van der Waals surface area (Å²) in [6.07, 6.45) is -0.192. The largest absolute Gasteiger partial charge is 0.321 e. The highest BCUT2D eigenvalue weighted by atomic mass is 16.2. The van der Waals surface area contributed by atoms with Crippen LogP contribution in [0, 0.1) is 0 Å². The molecular formula is C24H22N2O2. The van der Waals surface area contributed by atoms with Gasteiger partial charge in [-0.3, -0.25) is 9.59 Å². The molecule has 1 fully saturated rings. The van der Waals surface area contributed by atoms with E-state index in [2.05, 4.69) is 0 Å². The minimum atomic E-state index is -0.458. The topological polar surface area (TPSA) is 40.6 Å². The van der Waals surface area contributed by atoms with E-state index in [4.69, 9.17) is 0 Å². The van der Waals surface area contributed by atoms with E-state index in [1.807, 2.05) is 95.9 Å². The first-order valence-electron chi connectivity index (χ1n) is 9.40. The van der Waals surface area contributed by atoms with Crippen LogP contribution in [-0.4, -0.2) is 28.7 Å². The summed E-state index contributed by atoms with van der Waals surface area (Å²) in [5.41, 5.74) is 2.50. The van der Waals surface area contributed by atoms with Crippen molar-refractivity contribution in [3.05, 3.63) is 108 Å². The Labute approximate surface area is 165 Å². The molecule has 1 aliphatic heterocycles. The van der Waals surface area contributed by atoms with Gasteiger partial charge in [-0.1, -0.05) is 78.9 Å². The molecule has 1 heterocycles. The van der Waals surface area contributed by atoms with Crippen molar-refractivity contribution >= 4 is 11.8 Å². The molecule has 2 atom stereocenters. The molecule has 0 radical (unpaired) electrons. The van der Waals surface area contributed by atoms with E-state index in [1.54, 1.807) is 11.9 Å². The van der Waals surface area contributed by atoms with E-state index in [1.165, 1.54) is 0 Å². The predicted molar refractivity (Wildman–Crippen MR) is 108 cm³/mol. The maximum Gasteiger partial charge on any atom is 0.256 e. The molecular weight excluding hydrogens is 348 g/mol. The van der Waals surface area contributed by atoms with Crippen molar-refractivity contribution in [1.82, 2.24) is 9.80 Å². The van der Waals surface area contributed by atoms with Crippen LogP contribution in [0.15, 0.2) is 91.0 Å². The molecule has 0 spiro atoms. The summed E-state index contributed by atoms with van der Waals surface area (Å²) in [6, 6.07) is 28.5. The summed E-state index contributed by atoms with van der Waals surface area (Å²) in [5.74, 6) is -0.0533. The molecule has 0 aromatic heterocycles. The van der Waals surface area contributed by atoms with Crippen LogP contribution >= 0.6 is 0 Å². The van der Waals surface area contributed by atoms with E-state index < -0.39 is 6.17 Å². The lowest BCUT2D eigenvalue weighted by atomic mass is 9.94. The van der Waals surface area contributed by atoms with Gasteiger partial charge in [0.2, 0.25) is 5.91 Å². The monoisotopic (exact) mass is 370 g/mol. The van der Waals surface area contributed by atoms with E-state index >= 15 is 0 Å². The highest BCUT2D eigenvalue weighted by molar-refractivity contribution is 5.96. The van der Waals surface area contributed by atoms with Gasteiger partial charge in [-0.2, -0.15) is 0 Å². The molecule has 3 aromatic carbocycles. The standard InChI is InChI=1S/C24H22N2O2/c1-25-22(27)17-21(18-11-5-2-6-12-18)26(23(25)19-13-7-3-8-14-19)24(28)20-15-9-4-10-16-20/h2-16,21,23H,17H2,1H3/t21-,23-/m0/s1. The highest BCUT2D eigenvalue weighted by Crippen LogP contribution is 2.40. The van der Waals surface area contributed by atoms with Crippen LogP contribution in [0.1, 0.15) is 40.1 Å². The number of hydrogen-bond acceptors (Lipinski definition) is 2. The van der Waals surface area contributed by atoms with Crippen LogP contribution in [0.3, 0.4) is 0 Å². The van der Waals surface area contributed by atoms with Crippen LogP contribution in [0.4, 0.5) is 0 Å². The van der Waals surface area contributed by atoms with Gasteiger partial charge in [0.05, 0.1) is 12.5 Å².